The molecule has 0 radical (unpaired) electrons. The summed E-state index contributed by atoms with van der Waals surface area (Å²) in [5.41, 5.74) is -0.0218. The van der Waals surface area contributed by atoms with E-state index in [4.69, 9.17) is 0 Å². The minimum Gasteiger partial charge on any atom is -0.124 e. The number of aromatic nitrogens is 4. The highest BCUT2D eigenvalue weighted by molar-refractivity contribution is 9.08. The Balaban J connectivity index is 2.96. The highest BCUT2D eigenvalue weighted by Gasteiger charge is 2.19. The van der Waals surface area contributed by atoms with Gasteiger partial charge in [-0.2, -0.15) is 0 Å². The van der Waals surface area contributed by atoms with E-state index in [-0.39, 0.29) is 5.41 Å². The van der Waals surface area contributed by atoms with Crippen LogP contribution < -0.4 is 0 Å². The molecule has 0 bridgehead atoms. The summed E-state index contributed by atoms with van der Waals surface area (Å²) in [6, 6.07) is 0. The van der Waals surface area contributed by atoms with Crippen LogP contribution in [-0.2, 0) is 5.41 Å². The molecule has 1 rings (SSSR count). The molecule has 0 amide bonds. The lowest BCUT2D eigenvalue weighted by Gasteiger charge is -2.10. The quantitative estimate of drug-likeness (QED) is 0.637. The first-order valence-electron chi connectivity index (χ1n) is 2.97. The van der Waals surface area contributed by atoms with Crippen LogP contribution >= 0.6 is 16.1 Å². The van der Waals surface area contributed by atoms with Crippen LogP contribution in [0.4, 0.5) is 0 Å². The van der Waals surface area contributed by atoms with Crippen molar-refractivity contribution < 1.29 is 0 Å². The van der Waals surface area contributed by atoms with Gasteiger partial charge in [-0.05, 0) is 5.21 Å². The number of nitrogens with zero attached hydrogens (tertiary/aromatic N) is 4. The summed E-state index contributed by atoms with van der Waals surface area (Å²) in [6.45, 7) is 6.12. The fourth-order valence-electron chi connectivity index (χ4n) is 0.497. The Kier molecular flexibility index (Phi) is 1.76. The van der Waals surface area contributed by atoms with Crippen molar-refractivity contribution in [1.29, 1.82) is 0 Å². The Hall–Kier alpha value is -0.450. The summed E-state index contributed by atoms with van der Waals surface area (Å²) in [4.78, 5) is 0. The van der Waals surface area contributed by atoms with Crippen molar-refractivity contribution in [2.75, 3.05) is 0 Å². The molecule has 0 aliphatic rings. The largest absolute Gasteiger partial charge is 0.181 e. The van der Waals surface area contributed by atoms with Crippen LogP contribution in [0.15, 0.2) is 0 Å². The fraction of sp³-hybridized carbons (Fsp3) is 0.800. The molecule has 0 aliphatic heterocycles. The second kappa shape index (κ2) is 2.30. The number of hydrogen-bond donors (Lipinski definition) is 0. The van der Waals surface area contributed by atoms with E-state index >= 15 is 0 Å². The van der Waals surface area contributed by atoms with Gasteiger partial charge in [-0.25, -0.2) is 0 Å². The van der Waals surface area contributed by atoms with Crippen LogP contribution in [0.3, 0.4) is 0 Å². The molecule has 0 fully saturated rings. The molecule has 5 heteroatoms. The van der Waals surface area contributed by atoms with Crippen molar-refractivity contribution in [2.45, 2.75) is 26.2 Å². The van der Waals surface area contributed by atoms with E-state index in [0.29, 0.717) is 0 Å². The SMILES string of the molecule is CC(C)(C)c1nnn(Br)n1. The van der Waals surface area contributed by atoms with E-state index in [1.54, 1.807) is 0 Å². The lowest BCUT2D eigenvalue weighted by Crippen LogP contribution is -2.13. The lowest BCUT2D eigenvalue weighted by molar-refractivity contribution is 0.546. The van der Waals surface area contributed by atoms with Crippen molar-refractivity contribution in [2.24, 2.45) is 0 Å². The zero-order valence-corrected chi connectivity index (χ0v) is 7.75. The number of tetrazole rings is 1. The van der Waals surface area contributed by atoms with Crippen molar-refractivity contribution in [3.63, 3.8) is 0 Å². The first-order chi connectivity index (χ1) is 4.50. The minimum absolute atomic E-state index is 0.0218. The zero-order chi connectivity index (χ0) is 7.78. The summed E-state index contributed by atoms with van der Waals surface area (Å²) in [5, 5.41) is 11.5. The lowest BCUT2D eigenvalue weighted by atomic mass is 9.96. The molecule has 0 saturated carbocycles. The second-order valence-electron chi connectivity index (χ2n) is 3.10. The van der Waals surface area contributed by atoms with E-state index in [9.17, 15) is 0 Å². The summed E-state index contributed by atoms with van der Waals surface area (Å²) in [5.74, 6) is 0.740. The predicted molar refractivity (Wildman–Crippen MR) is 40.8 cm³/mol. The van der Waals surface area contributed by atoms with Gasteiger partial charge in [0.15, 0.2) is 5.82 Å². The van der Waals surface area contributed by atoms with Crippen LogP contribution in [-0.4, -0.2) is 19.2 Å². The molecular formula is C5H9BrN4. The monoisotopic (exact) mass is 204 g/mol. The molecule has 0 saturated heterocycles. The first-order valence-corrected chi connectivity index (χ1v) is 3.68. The Morgan fingerprint density at radius 3 is 2.20 bits per heavy atom. The van der Waals surface area contributed by atoms with Crippen molar-refractivity contribution in [3.8, 4) is 0 Å². The molecule has 1 aromatic rings. The maximum absolute atomic E-state index is 3.99. The first kappa shape index (κ1) is 7.65. The standard InChI is InChI=1S/C5H9BrN4/c1-5(2,3)4-7-9-10(6)8-4/h1-3H3. The third-order valence-corrected chi connectivity index (χ3v) is 1.36. The molecular weight excluding hydrogens is 196 g/mol. The fourth-order valence-corrected chi connectivity index (χ4v) is 0.719. The molecule has 0 atom stereocenters. The van der Waals surface area contributed by atoms with Gasteiger partial charge >= 0.3 is 0 Å². The molecule has 0 aliphatic carbocycles. The maximum Gasteiger partial charge on any atom is 0.181 e. The topological polar surface area (TPSA) is 43.6 Å². The van der Waals surface area contributed by atoms with Gasteiger partial charge in [0.05, 0.1) is 0 Å². The average molecular weight is 205 g/mol. The van der Waals surface area contributed by atoms with Gasteiger partial charge in [-0.15, -0.1) is 10.2 Å². The summed E-state index contributed by atoms with van der Waals surface area (Å²) >= 11 is 3.06. The molecule has 0 aromatic carbocycles. The molecule has 10 heavy (non-hydrogen) atoms. The Morgan fingerprint density at radius 1 is 1.40 bits per heavy atom. The third-order valence-electron chi connectivity index (χ3n) is 1.06. The highest BCUT2D eigenvalue weighted by atomic mass is 79.9. The number of rotatable bonds is 0. The third kappa shape index (κ3) is 1.53. The molecule has 0 spiro atoms. The maximum atomic E-state index is 3.99. The van der Waals surface area contributed by atoms with E-state index in [2.05, 4.69) is 31.6 Å². The van der Waals surface area contributed by atoms with E-state index in [0.717, 1.165) is 5.82 Å². The van der Waals surface area contributed by atoms with Crippen LogP contribution in [0, 0.1) is 0 Å². The van der Waals surface area contributed by atoms with Gasteiger partial charge in [0.1, 0.15) is 16.1 Å². The van der Waals surface area contributed by atoms with Gasteiger partial charge in [0, 0.05) is 5.41 Å². The van der Waals surface area contributed by atoms with Crippen molar-refractivity contribution in [1.82, 2.24) is 19.2 Å². The summed E-state index contributed by atoms with van der Waals surface area (Å²) < 4.78 is 1.29. The second-order valence-corrected chi connectivity index (χ2v) is 3.74. The van der Waals surface area contributed by atoms with Gasteiger partial charge in [0.2, 0.25) is 0 Å². The van der Waals surface area contributed by atoms with Crippen LogP contribution in [0.25, 0.3) is 0 Å². The van der Waals surface area contributed by atoms with Crippen LogP contribution in [0.1, 0.15) is 26.6 Å². The molecule has 0 N–H and O–H groups in total. The number of halogens is 1. The summed E-state index contributed by atoms with van der Waals surface area (Å²) in [6.07, 6.45) is 0. The predicted octanol–water partition coefficient (Wildman–Crippen LogP) is 1.13. The molecule has 1 heterocycles. The Labute approximate surface area is 68.0 Å². The van der Waals surface area contributed by atoms with E-state index < -0.39 is 0 Å². The minimum atomic E-state index is -0.0218. The zero-order valence-electron chi connectivity index (χ0n) is 6.17. The van der Waals surface area contributed by atoms with Crippen LogP contribution in [0.5, 0.6) is 0 Å². The Morgan fingerprint density at radius 2 is 2.00 bits per heavy atom. The van der Waals surface area contributed by atoms with Crippen molar-refractivity contribution >= 4 is 16.1 Å². The molecule has 56 valence electrons. The van der Waals surface area contributed by atoms with E-state index in [1.165, 1.54) is 3.82 Å². The summed E-state index contributed by atoms with van der Waals surface area (Å²) in [7, 11) is 0. The van der Waals surface area contributed by atoms with Crippen molar-refractivity contribution in [3.05, 3.63) is 5.82 Å². The van der Waals surface area contributed by atoms with Crippen LogP contribution in [0.2, 0.25) is 0 Å². The normalized spacial score (nSPS) is 12.0. The van der Waals surface area contributed by atoms with Gasteiger partial charge < -0.3 is 0 Å². The molecule has 4 nitrogen and oxygen atoms in total. The molecule has 0 unspecified atom stereocenters. The smallest absolute Gasteiger partial charge is 0.124 e. The molecule has 1 aromatic heterocycles. The van der Waals surface area contributed by atoms with Gasteiger partial charge in [0.25, 0.3) is 0 Å². The van der Waals surface area contributed by atoms with E-state index in [1.807, 2.05) is 20.8 Å². The number of hydrogen-bond acceptors (Lipinski definition) is 3. The van der Waals surface area contributed by atoms with Gasteiger partial charge in [-0.1, -0.05) is 24.6 Å². The average Bonchev–Trinajstić information content (AvgIpc) is 2.11. The highest BCUT2D eigenvalue weighted by Crippen LogP contribution is 2.16. The van der Waals surface area contributed by atoms with Gasteiger partial charge in [-0.3, -0.25) is 0 Å². The Bertz CT molecular complexity index is 224.